The molecule has 0 amide bonds. The first kappa shape index (κ1) is 14.6. The van der Waals surface area contributed by atoms with Crippen molar-refractivity contribution >= 4 is 16.7 Å². The first-order chi connectivity index (χ1) is 11.4. The monoisotopic (exact) mass is 298 g/mol. The lowest BCUT2D eigenvalue weighted by Gasteiger charge is -2.05. The number of fused-ring (bicyclic) bond motifs is 1. The predicted octanol–water partition coefficient (Wildman–Crippen LogP) is 3.36. The molecule has 0 saturated heterocycles. The highest BCUT2D eigenvalue weighted by Crippen LogP contribution is 2.17. The number of para-hydroxylation sites is 1. The van der Waals surface area contributed by atoms with Gasteiger partial charge < -0.3 is 5.32 Å². The minimum Gasteiger partial charge on any atom is -0.368 e. The largest absolute Gasteiger partial charge is 0.368 e. The Morgan fingerprint density at radius 1 is 0.957 bits per heavy atom. The van der Waals surface area contributed by atoms with Crippen molar-refractivity contribution in [1.82, 2.24) is 9.97 Å². The van der Waals surface area contributed by atoms with Gasteiger partial charge in [-0.15, -0.1) is 0 Å². The number of hydrogen-bond acceptors (Lipinski definition) is 4. The van der Waals surface area contributed by atoms with Crippen molar-refractivity contribution < 1.29 is 0 Å². The van der Waals surface area contributed by atoms with Crippen molar-refractivity contribution in [3.63, 3.8) is 0 Å². The number of nitrogens with one attached hydrogen (secondary N) is 1. The van der Waals surface area contributed by atoms with E-state index in [4.69, 9.17) is 5.26 Å². The van der Waals surface area contributed by atoms with E-state index in [1.54, 1.807) is 12.4 Å². The molecular weight excluding hydrogens is 284 g/mol. The van der Waals surface area contributed by atoms with Crippen LogP contribution in [-0.4, -0.2) is 16.5 Å². The standard InChI is InChI=1S/C19H14N4/c20-13-16-9-2-1-7-15(16)8-5-6-12-21-19-17-10-3-4-11-18(17)22-14-23-19/h1-4,7,9-11,14H,6,12H2,(H,21,22,23). The van der Waals surface area contributed by atoms with Crippen molar-refractivity contribution in [3.05, 3.63) is 66.0 Å². The summed E-state index contributed by atoms with van der Waals surface area (Å²) < 4.78 is 0. The molecule has 0 fully saturated rings. The summed E-state index contributed by atoms with van der Waals surface area (Å²) in [6.07, 6.45) is 2.22. The van der Waals surface area contributed by atoms with Gasteiger partial charge in [0.1, 0.15) is 18.2 Å². The lowest BCUT2D eigenvalue weighted by molar-refractivity contribution is 1.07. The summed E-state index contributed by atoms with van der Waals surface area (Å²) in [5, 5.41) is 13.3. The number of nitriles is 1. The van der Waals surface area contributed by atoms with Crippen molar-refractivity contribution in [2.75, 3.05) is 11.9 Å². The summed E-state index contributed by atoms with van der Waals surface area (Å²) >= 11 is 0. The molecule has 0 atom stereocenters. The van der Waals surface area contributed by atoms with Crippen LogP contribution in [0.3, 0.4) is 0 Å². The highest BCUT2D eigenvalue weighted by atomic mass is 15.0. The second kappa shape index (κ2) is 7.06. The van der Waals surface area contributed by atoms with Gasteiger partial charge in [0.05, 0.1) is 11.1 Å². The first-order valence-electron chi connectivity index (χ1n) is 7.30. The summed E-state index contributed by atoms with van der Waals surface area (Å²) in [7, 11) is 0. The van der Waals surface area contributed by atoms with Crippen LogP contribution >= 0.6 is 0 Å². The van der Waals surface area contributed by atoms with Crippen LogP contribution in [0.1, 0.15) is 17.5 Å². The van der Waals surface area contributed by atoms with E-state index in [9.17, 15) is 0 Å². The second-order valence-electron chi connectivity index (χ2n) is 4.88. The highest BCUT2D eigenvalue weighted by Gasteiger charge is 2.01. The van der Waals surface area contributed by atoms with Gasteiger partial charge in [0, 0.05) is 23.9 Å². The van der Waals surface area contributed by atoms with Gasteiger partial charge in [-0.25, -0.2) is 9.97 Å². The summed E-state index contributed by atoms with van der Waals surface area (Å²) in [6.45, 7) is 0.683. The van der Waals surface area contributed by atoms with Crippen LogP contribution in [0.5, 0.6) is 0 Å². The molecule has 0 spiro atoms. The molecule has 0 aliphatic rings. The normalized spacial score (nSPS) is 9.70. The second-order valence-corrected chi connectivity index (χ2v) is 4.88. The van der Waals surface area contributed by atoms with E-state index in [1.165, 1.54) is 0 Å². The summed E-state index contributed by atoms with van der Waals surface area (Å²) in [6, 6.07) is 17.4. The maximum Gasteiger partial charge on any atom is 0.137 e. The maximum absolute atomic E-state index is 9.03. The molecule has 0 aliphatic heterocycles. The third-order valence-corrected chi connectivity index (χ3v) is 3.36. The van der Waals surface area contributed by atoms with Gasteiger partial charge in [0.2, 0.25) is 0 Å². The van der Waals surface area contributed by atoms with E-state index in [0.29, 0.717) is 18.5 Å². The van der Waals surface area contributed by atoms with Crippen LogP contribution in [0.2, 0.25) is 0 Å². The number of hydrogen-bond donors (Lipinski definition) is 1. The molecule has 0 aliphatic carbocycles. The van der Waals surface area contributed by atoms with Crippen LogP contribution in [0.25, 0.3) is 10.9 Å². The molecule has 0 radical (unpaired) electrons. The molecule has 1 heterocycles. The lowest BCUT2D eigenvalue weighted by Crippen LogP contribution is -2.03. The molecule has 1 aromatic heterocycles. The average Bonchev–Trinajstić information content (AvgIpc) is 2.62. The Kier molecular flexibility index (Phi) is 4.47. The van der Waals surface area contributed by atoms with E-state index < -0.39 is 0 Å². The molecule has 23 heavy (non-hydrogen) atoms. The van der Waals surface area contributed by atoms with Crippen molar-refractivity contribution in [2.45, 2.75) is 6.42 Å². The quantitative estimate of drug-likeness (QED) is 0.595. The fourth-order valence-electron chi connectivity index (χ4n) is 2.24. The van der Waals surface area contributed by atoms with E-state index in [1.807, 2.05) is 42.5 Å². The number of anilines is 1. The van der Waals surface area contributed by atoms with E-state index >= 15 is 0 Å². The Balaban J connectivity index is 1.64. The zero-order chi connectivity index (χ0) is 15.9. The lowest BCUT2D eigenvalue weighted by atomic mass is 10.1. The van der Waals surface area contributed by atoms with E-state index in [0.717, 1.165) is 22.3 Å². The zero-order valence-corrected chi connectivity index (χ0v) is 12.5. The number of rotatable bonds is 3. The van der Waals surface area contributed by atoms with Crippen molar-refractivity contribution in [3.8, 4) is 17.9 Å². The minimum absolute atomic E-state index is 0.606. The topological polar surface area (TPSA) is 61.6 Å². The van der Waals surface area contributed by atoms with Crippen LogP contribution in [0.15, 0.2) is 54.9 Å². The molecule has 2 aromatic carbocycles. The summed E-state index contributed by atoms with van der Waals surface area (Å²) in [5.74, 6) is 6.94. The van der Waals surface area contributed by atoms with Gasteiger partial charge in [0.15, 0.2) is 0 Å². The smallest absolute Gasteiger partial charge is 0.137 e. The first-order valence-corrected chi connectivity index (χ1v) is 7.30. The van der Waals surface area contributed by atoms with Gasteiger partial charge in [0.25, 0.3) is 0 Å². The van der Waals surface area contributed by atoms with E-state index in [2.05, 4.69) is 33.2 Å². The van der Waals surface area contributed by atoms with Gasteiger partial charge >= 0.3 is 0 Å². The van der Waals surface area contributed by atoms with Crippen molar-refractivity contribution in [2.24, 2.45) is 0 Å². The predicted molar refractivity (Wildman–Crippen MR) is 90.7 cm³/mol. The highest BCUT2D eigenvalue weighted by molar-refractivity contribution is 5.88. The molecule has 110 valence electrons. The Morgan fingerprint density at radius 3 is 2.61 bits per heavy atom. The average molecular weight is 298 g/mol. The summed E-state index contributed by atoms with van der Waals surface area (Å²) in [5.41, 5.74) is 2.29. The molecular formula is C19H14N4. The van der Waals surface area contributed by atoms with Crippen LogP contribution < -0.4 is 5.32 Å². The molecule has 4 heteroatoms. The minimum atomic E-state index is 0.606. The van der Waals surface area contributed by atoms with Crippen LogP contribution in [0, 0.1) is 23.2 Å². The molecule has 3 aromatic rings. The Bertz CT molecular complexity index is 924. The van der Waals surface area contributed by atoms with E-state index in [-0.39, 0.29) is 0 Å². The third kappa shape index (κ3) is 3.45. The van der Waals surface area contributed by atoms with Gasteiger partial charge in [-0.1, -0.05) is 36.1 Å². The number of aromatic nitrogens is 2. The van der Waals surface area contributed by atoms with Gasteiger partial charge in [-0.3, -0.25) is 0 Å². The van der Waals surface area contributed by atoms with Crippen LogP contribution in [0.4, 0.5) is 5.82 Å². The zero-order valence-electron chi connectivity index (χ0n) is 12.5. The Morgan fingerprint density at radius 2 is 1.74 bits per heavy atom. The molecule has 0 unspecified atom stereocenters. The SMILES string of the molecule is N#Cc1ccccc1C#CCCNc1ncnc2ccccc12. The van der Waals surface area contributed by atoms with Gasteiger partial charge in [-0.2, -0.15) is 5.26 Å². The fraction of sp³-hybridized carbons (Fsp3) is 0.105. The number of nitrogens with zero attached hydrogens (tertiary/aromatic N) is 3. The summed E-state index contributed by atoms with van der Waals surface area (Å²) in [4.78, 5) is 8.51. The fourth-order valence-corrected chi connectivity index (χ4v) is 2.24. The Labute approximate surface area is 134 Å². The Hall–Kier alpha value is -3.37. The number of benzene rings is 2. The van der Waals surface area contributed by atoms with Crippen LogP contribution in [-0.2, 0) is 0 Å². The maximum atomic E-state index is 9.03. The molecule has 3 rings (SSSR count). The molecule has 0 bridgehead atoms. The molecule has 0 saturated carbocycles. The van der Waals surface area contributed by atoms with Gasteiger partial charge in [-0.05, 0) is 24.3 Å². The third-order valence-electron chi connectivity index (χ3n) is 3.36. The molecule has 4 nitrogen and oxygen atoms in total. The van der Waals surface area contributed by atoms with Crippen molar-refractivity contribution in [1.29, 1.82) is 5.26 Å². The molecule has 1 N–H and O–H groups in total.